The average molecular weight is 337 g/mol. The van der Waals surface area contributed by atoms with E-state index in [2.05, 4.69) is 21.2 Å². The Hall–Kier alpha value is -3.27. The molecule has 0 atom stereocenters. The van der Waals surface area contributed by atoms with Crippen LogP contribution in [0, 0.1) is 28.4 Å². The molecule has 2 aromatic carbocycles. The van der Waals surface area contributed by atoms with Crippen molar-refractivity contribution in [1.82, 2.24) is 0 Å². The van der Waals surface area contributed by atoms with Crippen LogP contribution < -0.4 is 4.90 Å². The predicted molar refractivity (Wildman–Crippen MR) is 96.6 cm³/mol. The number of benzene rings is 2. The Labute approximate surface area is 146 Å². The lowest BCUT2D eigenvalue weighted by Gasteiger charge is -2.21. The lowest BCUT2D eigenvalue weighted by atomic mass is 10.2. The SMILES string of the molecule is CCN(CCC#N)c1ccc(N=Nc2ccc([N+](=O)[O-])cc2C)cc1. The second-order valence-electron chi connectivity index (χ2n) is 5.43. The molecule has 7 nitrogen and oxygen atoms in total. The molecule has 0 bridgehead atoms. The molecule has 0 heterocycles. The molecule has 0 amide bonds. The highest BCUT2D eigenvalue weighted by Crippen LogP contribution is 2.26. The van der Waals surface area contributed by atoms with Crippen molar-refractivity contribution in [3.63, 3.8) is 0 Å². The molecule has 0 N–H and O–H groups in total. The van der Waals surface area contributed by atoms with Crippen molar-refractivity contribution in [2.45, 2.75) is 20.3 Å². The molecule has 0 saturated carbocycles. The number of hydrogen-bond donors (Lipinski definition) is 0. The van der Waals surface area contributed by atoms with Crippen LogP contribution in [0.5, 0.6) is 0 Å². The zero-order valence-corrected chi connectivity index (χ0v) is 14.2. The van der Waals surface area contributed by atoms with Crippen LogP contribution in [-0.4, -0.2) is 18.0 Å². The molecule has 25 heavy (non-hydrogen) atoms. The van der Waals surface area contributed by atoms with E-state index in [1.165, 1.54) is 12.1 Å². The minimum absolute atomic E-state index is 0.0397. The maximum absolute atomic E-state index is 10.8. The summed E-state index contributed by atoms with van der Waals surface area (Å²) in [6, 6.07) is 14.2. The third-order valence-electron chi connectivity index (χ3n) is 3.75. The maximum atomic E-state index is 10.8. The van der Waals surface area contributed by atoms with Crippen molar-refractivity contribution in [3.8, 4) is 6.07 Å². The van der Waals surface area contributed by atoms with Gasteiger partial charge in [0.25, 0.3) is 5.69 Å². The standard InChI is InChI=1S/C18H19N5O2/c1-3-22(12-4-11-19)16-7-5-15(6-8-16)20-21-18-10-9-17(23(24)25)13-14(18)2/h5-10,13H,3-4,12H2,1-2H3. The number of nitrogens with zero attached hydrogens (tertiary/aromatic N) is 5. The van der Waals surface area contributed by atoms with Gasteiger partial charge in [-0.2, -0.15) is 15.5 Å². The number of nitro benzene ring substituents is 1. The van der Waals surface area contributed by atoms with Gasteiger partial charge < -0.3 is 4.90 Å². The van der Waals surface area contributed by atoms with Gasteiger partial charge in [-0.15, -0.1) is 0 Å². The number of hydrogen-bond acceptors (Lipinski definition) is 6. The predicted octanol–water partition coefficient (Wildman–Crippen LogP) is 5.06. The Morgan fingerprint density at radius 2 is 1.92 bits per heavy atom. The Morgan fingerprint density at radius 1 is 1.20 bits per heavy atom. The fourth-order valence-corrected chi connectivity index (χ4v) is 2.36. The summed E-state index contributed by atoms with van der Waals surface area (Å²) in [4.78, 5) is 12.4. The summed E-state index contributed by atoms with van der Waals surface area (Å²) in [7, 11) is 0. The monoisotopic (exact) mass is 337 g/mol. The van der Waals surface area contributed by atoms with Crippen molar-refractivity contribution in [3.05, 3.63) is 58.1 Å². The smallest absolute Gasteiger partial charge is 0.269 e. The second kappa shape index (κ2) is 8.55. The van der Waals surface area contributed by atoms with Crippen molar-refractivity contribution >= 4 is 22.7 Å². The van der Waals surface area contributed by atoms with E-state index in [0.29, 0.717) is 29.9 Å². The Balaban J connectivity index is 2.12. The summed E-state index contributed by atoms with van der Waals surface area (Å²) >= 11 is 0. The first-order chi connectivity index (χ1) is 12.0. The molecule has 7 heteroatoms. The van der Waals surface area contributed by atoms with Crippen LogP contribution in [0.25, 0.3) is 0 Å². The van der Waals surface area contributed by atoms with Crippen LogP contribution in [-0.2, 0) is 0 Å². The van der Waals surface area contributed by atoms with Crippen molar-refractivity contribution in [1.29, 1.82) is 5.26 Å². The first kappa shape index (κ1) is 18.1. The average Bonchev–Trinajstić information content (AvgIpc) is 2.62. The van der Waals surface area contributed by atoms with Gasteiger partial charge in [0, 0.05) is 30.9 Å². The molecule has 0 radical (unpaired) electrons. The minimum atomic E-state index is -0.432. The lowest BCUT2D eigenvalue weighted by Crippen LogP contribution is -2.23. The number of aryl methyl sites for hydroxylation is 1. The molecule has 2 rings (SSSR count). The zero-order valence-electron chi connectivity index (χ0n) is 14.2. The third kappa shape index (κ3) is 4.85. The molecule has 128 valence electrons. The molecule has 0 unspecified atom stereocenters. The van der Waals surface area contributed by atoms with Crippen molar-refractivity contribution in [2.75, 3.05) is 18.0 Å². The van der Waals surface area contributed by atoms with E-state index < -0.39 is 4.92 Å². The maximum Gasteiger partial charge on any atom is 0.269 e. The van der Waals surface area contributed by atoms with Gasteiger partial charge in [-0.3, -0.25) is 10.1 Å². The Morgan fingerprint density at radius 3 is 2.48 bits per heavy atom. The van der Waals surface area contributed by atoms with Crippen LogP contribution >= 0.6 is 0 Å². The summed E-state index contributed by atoms with van der Waals surface area (Å²) in [6.45, 7) is 5.32. The van der Waals surface area contributed by atoms with Gasteiger partial charge in [-0.25, -0.2) is 0 Å². The van der Waals surface area contributed by atoms with Gasteiger partial charge in [0.1, 0.15) is 0 Å². The van der Waals surface area contributed by atoms with Crippen LogP contribution in [0.3, 0.4) is 0 Å². The van der Waals surface area contributed by atoms with Gasteiger partial charge in [0.2, 0.25) is 0 Å². The number of azo groups is 1. The highest BCUT2D eigenvalue weighted by atomic mass is 16.6. The fourth-order valence-electron chi connectivity index (χ4n) is 2.36. The van der Waals surface area contributed by atoms with E-state index in [9.17, 15) is 10.1 Å². The molecule has 0 aliphatic carbocycles. The topological polar surface area (TPSA) is 94.9 Å². The zero-order chi connectivity index (χ0) is 18.2. The molecule has 0 aliphatic heterocycles. The molecule has 0 aromatic heterocycles. The van der Waals surface area contributed by atoms with E-state index in [4.69, 9.17) is 5.26 Å². The number of nitro groups is 1. The summed E-state index contributed by atoms with van der Waals surface area (Å²) in [6.07, 6.45) is 0.481. The lowest BCUT2D eigenvalue weighted by molar-refractivity contribution is -0.384. The van der Waals surface area contributed by atoms with Crippen LogP contribution in [0.15, 0.2) is 52.7 Å². The largest absolute Gasteiger partial charge is 0.371 e. The molecule has 0 aliphatic rings. The van der Waals surface area contributed by atoms with E-state index in [1.807, 2.05) is 31.2 Å². The van der Waals surface area contributed by atoms with E-state index >= 15 is 0 Å². The quantitative estimate of drug-likeness (QED) is 0.401. The highest BCUT2D eigenvalue weighted by Gasteiger charge is 2.07. The minimum Gasteiger partial charge on any atom is -0.371 e. The number of rotatable bonds is 7. The number of non-ortho nitro benzene ring substituents is 1. The first-order valence-electron chi connectivity index (χ1n) is 7.94. The molecule has 2 aromatic rings. The Kier molecular flexibility index (Phi) is 6.18. The van der Waals surface area contributed by atoms with Crippen molar-refractivity contribution in [2.24, 2.45) is 10.2 Å². The molecule has 0 saturated heterocycles. The molecular formula is C18H19N5O2. The number of anilines is 1. The summed E-state index contributed by atoms with van der Waals surface area (Å²) in [5, 5.41) is 27.8. The van der Waals surface area contributed by atoms with E-state index in [-0.39, 0.29) is 5.69 Å². The van der Waals surface area contributed by atoms with Gasteiger partial charge >= 0.3 is 0 Å². The highest BCUT2D eigenvalue weighted by molar-refractivity contribution is 5.54. The van der Waals surface area contributed by atoms with Gasteiger partial charge in [-0.1, -0.05) is 0 Å². The van der Waals surface area contributed by atoms with Gasteiger partial charge in [0.05, 0.1) is 28.8 Å². The fraction of sp³-hybridized carbons (Fsp3) is 0.278. The van der Waals surface area contributed by atoms with Crippen LogP contribution in [0.2, 0.25) is 0 Å². The summed E-state index contributed by atoms with van der Waals surface area (Å²) < 4.78 is 0. The Bertz CT molecular complexity index is 809. The summed E-state index contributed by atoms with van der Waals surface area (Å²) in [5.74, 6) is 0. The molecule has 0 fully saturated rings. The number of nitriles is 1. The van der Waals surface area contributed by atoms with Crippen LogP contribution in [0.1, 0.15) is 18.9 Å². The van der Waals surface area contributed by atoms with Gasteiger partial charge in [-0.05, 0) is 49.7 Å². The molecule has 0 spiro atoms. The summed E-state index contributed by atoms with van der Waals surface area (Å²) in [5.41, 5.74) is 3.06. The van der Waals surface area contributed by atoms with E-state index in [1.54, 1.807) is 13.0 Å². The van der Waals surface area contributed by atoms with Crippen LogP contribution in [0.4, 0.5) is 22.7 Å². The van der Waals surface area contributed by atoms with Crippen molar-refractivity contribution < 1.29 is 4.92 Å². The second-order valence-corrected chi connectivity index (χ2v) is 5.43. The molecular weight excluding hydrogens is 318 g/mol. The third-order valence-corrected chi connectivity index (χ3v) is 3.75. The van der Waals surface area contributed by atoms with Gasteiger partial charge in [0.15, 0.2) is 0 Å². The van der Waals surface area contributed by atoms with E-state index in [0.717, 1.165) is 12.2 Å². The first-order valence-corrected chi connectivity index (χ1v) is 7.94. The normalized spacial score (nSPS) is 10.6.